The number of rotatable bonds is 3. The Kier molecular flexibility index (Phi) is 6.95. The van der Waals surface area contributed by atoms with E-state index in [1.165, 1.54) is 0 Å². The van der Waals surface area contributed by atoms with Crippen LogP contribution in [0, 0.1) is 0 Å². The predicted molar refractivity (Wildman–Crippen MR) is 102 cm³/mol. The topological polar surface area (TPSA) is 87.5 Å². The summed E-state index contributed by atoms with van der Waals surface area (Å²) in [4.78, 5) is 17.2. The number of amides is 1. The second kappa shape index (κ2) is 7.97. The number of azide groups is 1. The van der Waals surface area contributed by atoms with Gasteiger partial charge in [0.05, 0.1) is 12.1 Å². The van der Waals surface area contributed by atoms with Crippen LogP contribution < -0.4 is 0 Å². The van der Waals surface area contributed by atoms with E-state index >= 15 is 0 Å². The zero-order valence-electron chi connectivity index (χ0n) is 17.0. The Morgan fingerprint density at radius 1 is 1.24 bits per heavy atom. The van der Waals surface area contributed by atoms with E-state index in [-0.39, 0.29) is 23.3 Å². The molecule has 0 aromatic heterocycles. The first-order valence-corrected chi connectivity index (χ1v) is 11.9. The summed E-state index contributed by atoms with van der Waals surface area (Å²) in [6.45, 7) is 17.4. The highest BCUT2D eigenvalue weighted by molar-refractivity contribution is 6.74. The standard InChI is InChI=1S/C17H34N4O3Si/c1-16(2,3)23-15(22)21-11-9-10-13(19-20-18)14(12-21)24-25(7,8)17(4,5)6/h13-14H,9-12H2,1-8H3/t13-,14-/m0/s1. The molecule has 1 heterocycles. The van der Waals surface area contributed by atoms with Gasteiger partial charge >= 0.3 is 6.09 Å². The Hall–Kier alpha value is -1.24. The minimum absolute atomic E-state index is 0.0387. The van der Waals surface area contributed by atoms with Gasteiger partial charge in [-0.05, 0) is 57.3 Å². The molecule has 0 aliphatic carbocycles. The van der Waals surface area contributed by atoms with Crippen molar-refractivity contribution >= 4 is 14.4 Å². The quantitative estimate of drug-likeness (QED) is 0.300. The monoisotopic (exact) mass is 370 g/mol. The molecule has 0 spiro atoms. The molecule has 2 atom stereocenters. The molecule has 7 nitrogen and oxygen atoms in total. The highest BCUT2D eigenvalue weighted by Crippen LogP contribution is 2.38. The summed E-state index contributed by atoms with van der Waals surface area (Å²) in [5, 5.41) is 4.00. The van der Waals surface area contributed by atoms with E-state index in [9.17, 15) is 4.79 Å². The molecular formula is C17H34N4O3Si. The lowest BCUT2D eigenvalue weighted by atomic mass is 10.1. The van der Waals surface area contributed by atoms with Crippen molar-refractivity contribution < 1.29 is 14.0 Å². The largest absolute Gasteiger partial charge is 0.444 e. The van der Waals surface area contributed by atoms with Gasteiger partial charge in [0, 0.05) is 18.0 Å². The number of hydrogen-bond acceptors (Lipinski definition) is 4. The maximum Gasteiger partial charge on any atom is 0.410 e. The van der Waals surface area contributed by atoms with Gasteiger partial charge in [-0.15, -0.1) is 0 Å². The van der Waals surface area contributed by atoms with E-state index in [1.807, 2.05) is 20.8 Å². The van der Waals surface area contributed by atoms with E-state index in [2.05, 4.69) is 43.9 Å². The Labute approximate surface area is 152 Å². The van der Waals surface area contributed by atoms with Crippen LogP contribution in [-0.4, -0.2) is 50.1 Å². The minimum atomic E-state index is -2.06. The molecule has 0 bridgehead atoms. The van der Waals surface area contributed by atoms with Gasteiger partial charge in [-0.25, -0.2) is 4.79 Å². The van der Waals surface area contributed by atoms with Crippen molar-refractivity contribution in [1.29, 1.82) is 0 Å². The van der Waals surface area contributed by atoms with Crippen molar-refractivity contribution in [2.45, 2.75) is 90.3 Å². The van der Waals surface area contributed by atoms with Crippen molar-refractivity contribution in [3.63, 3.8) is 0 Å². The lowest BCUT2D eigenvalue weighted by molar-refractivity contribution is 0.0174. The molecule has 1 fully saturated rings. The normalized spacial score (nSPS) is 22.8. The van der Waals surface area contributed by atoms with Gasteiger partial charge in [0.15, 0.2) is 8.32 Å². The molecule has 1 rings (SSSR count). The van der Waals surface area contributed by atoms with Gasteiger partial charge in [-0.1, -0.05) is 25.9 Å². The first-order chi connectivity index (χ1) is 11.3. The molecule has 1 aliphatic rings. The second-order valence-electron chi connectivity index (χ2n) is 9.26. The summed E-state index contributed by atoms with van der Waals surface area (Å²) < 4.78 is 12.0. The fourth-order valence-electron chi connectivity index (χ4n) is 2.47. The molecule has 8 heteroatoms. The van der Waals surface area contributed by atoms with E-state index in [1.54, 1.807) is 4.90 Å². The number of likely N-dealkylation sites (tertiary alicyclic amines) is 1. The number of nitrogens with zero attached hydrogens (tertiary/aromatic N) is 4. The number of hydrogen-bond donors (Lipinski definition) is 0. The Balaban J connectivity index is 3.01. The van der Waals surface area contributed by atoms with Gasteiger partial charge in [-0.3, -0.25) is 0 Å². The molecule has 1 saturated heterocycles. The van der Waals surface area contributed by atoms with Crippen LogP contribution in [0.1, 0.15) is 54.4 Å². The summed E-state index contributed by atoms with van der Waals surface area (Å²) in [6.07, 6.45) is 0.841. The smallest absolute Gasteiger partial charge is 0.410 e. The molecule has 25 heavy (non-hydrogen) atoms. The molecule has 0 saturated carbocycles. The van der Waals surface area contributed by atoms with Gasteiger partial charge < -0.3 is 14.1 Å². The fourth-order valence-corrected chi connectivity index (χ4v) is 3.81. The van der Waals surface area contributed by atoms with E-state index in [0.29, 0.717) is 19.5 Å². The first kappa shape index (κ1) is 21.8. The van der Waals surface area contributed by atoms with Crippen molar-refractivity contribution in [3.8, 4) is 0 Å². The molecule has 144 valence electrons. The Morgan fingerprint density at radius 3 is 2.32 bits per heavy atom. The van der Waals surface area contributed by atoms with Crippen LogP contribution in [0.15, 0.2) is 5.11 Å². The average molecular weight is 371 g/mol. The maximum atomic E-state index is 12.5. The van der Waals surface area contributed by atoms with E-state index in [4.69, 9.17) is 14.7 Å². The van der Waals surface area contributed by atoms with Crippen LogP contribution in [0.2, 0.25) is 18.1 Å². The molecule has 0 N–H and O–H groups in total. The minimum Gasteiger partial charge on any atom is -0.444 e. The van der Waals surface area contributed by atoms with Crippen LogP contribution >= 0.6 is 0 Å². The van der Waals surface area contributed by atoms with Gasteiger partial charge in [0.25, 0.3) is 0 Å². The lowest BCUT2D eigenvalue weighted by Gasteiger charge is -2.41. The van der Waals surface area contributed by atoms with Crippen molar-refractivity contribution in [2.24, 2.45) is 5.11 Å². The predicted octanol–water partition coefficient (Wildman–Crippen LogP) is 5.09. The fraction of sp³-hybridized carbons (Fsp3) is 0.941. The molecule has 0 aromatic rings. The van der Waals surface area contributed by atoms with Crippen molar-refractivity contribution in [2.75, 3.05) is 13.1 Å². The van der Waals surface area contributed by atoms with Crippen LogP contribution in [0.4, 0.5) is 4.79 Å². The van der Waals surface area contributed by atoms with Gasteiger partial charge in [0.2, 0.25) is 0 Å². The number of ether oxygens (including phenoxy) is 1. The average Bonchev–Trinajstić information content (AvgIpc) is 2.59. The molecule has 0 aromatic carbocycles. The molecule has 1 aliphatic heterocycles. The number of carbonyl (C=O) groups is 1. The molecule has 1 amide bonds. The second-order valence-corrected chi connectivity index (χ2v) is 14.0. The first-order valence-electron chi connectivity index (χ1n) is 8.97. The third-order valence-electron chi connectivity index (χ3n) is 4.86. The van der Waals surface area contributed by atoms with Crippen LogP contribution in [0.5, 0.6) is 0 Å². The van der Waals surface area contributed by atoms with E-state index in [0.717, 1.165) is 6.42 Å². The zero-order valence-corrected chi connectivity index (χ0v) is 18.0. The summed E-state index contributed by atoms with van der Waals surface area (Å²) >= 11 is 0. The third kappa shape index (κ3) is 6.53. The SMILES string of the molecule is CC(C)(C)OC(=O)N1CCC[C@H](N=[N+]=[N-])[C@@H](O[Si](C)(C)C(C)(C)C)C1. The number of carbonyl (C=O) groups excluding carboxylic acids is 1. The van der Waals surface area contributed by atoms with Gasteiger partial charge in [0.1, 0.15) is 5.60 Å². The summed E-state index contributed by atoms with van der Waals surface area (Å²) in [5.41, 5.74) is 8.38. The highest BCUT2D eigenvalue weighted by atomic mass is 28.4. The maximum absolute atomic E-state index is 12.5. The molecule has 0 unspecified atom stereocenters. The van der Waals surface area contributed by atoms with Crippen molar-refractivity contribution in [1.82, 2.24) is 4.90 Å². The summed E-state index contributed by atoms with van der Waals surface area (Å²) in [7, 11) is -2.06. The summed E-state index contributed by atoms with van der Waals surface area (Å²) in [5.74, 6) is 0. The lowest BCUT2D eigenvalue weighted by Crippen LogP contribution is -2.50. The van der Waals surface area contributed by atoms with E-state index < -0.39 is 13.9 Å². The van der Waals surface area contributed by atoms with Gasteiger partial charge in [-0.2, -0.15) is 0 Å². The summed E-state index contributed by atoms with van der Waals surface area (Å²) in [6, 6.07) is -0.258. The van der Waals surface area contributed by atoms with Crippen LogP contribution in [0.25, 0.3) is 10.4 Å². The van der Waals surface area contributed by atoms with Crippen LogP contribution in [0.3, 0.4) is 0 Å². The zero-order chi connectivity index (χ0) is 19.5. The third-order valence-corrected chi connectivity index (χ3v) is 9.37. The van der Waals surface area contributed by atoms with Crippen molar-refractivity contribution in [3.05, 3.63) is 10.4 Å². The Bertz CT molecular complexity index is 519. The Morgan fingerprint density at radius 2 is 1.84 bits per heavy atom. The molecular weight excluding hydrogens is 336 g/mol. The highest BCUT2D eigenvalue weighted by Gasteiger charge is 2.42. The van der Waals surface area contributed by atoms with Crippen LogP contribution in [-0.2, 0) is 9.16 Å². The molecule has 0 radical (unpaired) electrons.